The number of nitrogens with two attached hydrogens (primary N) is 1. The minimum atomic E-state index is 0.528. The molecule has 194 valence electrons. The Labute approximate surface area is 221 Å². The molecule has 10 heteroatoms. The van der Waals surface area contributed by atoms with Crippen molar-refractivity contribution in [2.45, 2.75) is 33.4 Å². The number of anilines is 2. The normalized spacial score (nSPS) is 13.6. The van der Waals surface area contributed by atoms with Crippen molar-refractivity contribution in [3.63, 3.8) is 0 Å². The van der Waals surface area contributed by atoms with Gasteiger partial charge in [0.1, 0.15) is 34.3 Å². The fourth-order valence-corrected chi connectivity index (χ4v) is 5.46. The number of aromatic nitrogens is 4. The fourth-order valence-electron chi connectivity index (χ4n) is 4.81. The molecule has 0 fully saturated rings. The number of aryl methyl sites for hydroxylation is 2. The molecule has 0 saturated carbocycles. The smallest absolute Gasteiger partial charge is 0.182 e. The molecular weight excluding hydrogens is 486 g/mol. The van der Waals surface area contributed by atoms with Gasteiger partial charge in [0.15, 0.2) is 5.13 Å². The molecule has 2 N–H and O–H groups in total. The molecule has 0 unspecified atom stereocenters. The molecule has 0 amide bonds. The van der Waals surface area contributed by atoms with E-state index in [1.165, 1.54) is 11.3 Å². The van der Waals surface area contributed by atoms with Gasteiger partial charge in [0.25, 0.3) is 0 Å². The molecule has 1 aliphatic rings. The Balaban J connectivity index is 1.55. The zero-order valence-electron chi connectivity index (χ0n) is 22.0. The minimum absolute atomic E-state index is 0.528. The Hall–Kier alpha value is -3.34. The second-order valence-corrected chi connectivity index (χ2v) is 10.7. The molecule has 1 aromatic carbocycles. The van der Waals surface area contributed by atoms with Crippen LogP contribution in [0.4, 0.5) is 10.9 Å². The first-order valence-corrected chi connectivity index (χ1v) is 13.2. The first kappa shape index (κ1) is 25.3. The summed E-state index contributed by atoms with van der Waals surface area (Å²) in [7, 11) is 5.79. The maximum absolute atomic E-state index is 6.28. The van der Waals surface area contributed by atoms with Gasteiger partial charge < -0.3 is 25.0 Å². The van der Waals surface area contributed by atoms with Crippen LogP contribution < -0.4 is 15.4 Å². The largest absolute Gasteiger partial charge is 0.491 e. The van der Waals surface area contributed by atoms with Crippen LogP contribution in [0.1, 0.15) is 28.2 Å². The van der Waals surface area contributed by atoms with Crippen molar-refractivity contribution in [1.29, 1.82) is 0 Å². The van der Waals surface area contributed by atoms with Crippen LogP contribution in [0.3, 0.4) is 0 Å². The van der Waals surface area contributed by atoms with E-state index in [1.54, 1.807) is 7.11 Å². The molecule has 4 aromatic rings. The van der Waals surface area contributed by atoms with E-state index in [4.69, 9.17) is 25.2 Å². The van der Waals surface area contributed by atoms with Crippen LogP contribution >= 0.6 is 11.3 Å². The summed E-state index contributed by atoms with van der Waals surface area (Å²) in [6, 6.07) is 6.40. The van der Waals surface area contributed by atoms with Gasteiger partial charge in [0.2, 0.25) is 0 Å². The van der Waals surface area contributed by atoms with Crippen LogP contribution in [0.2, 0.25) is 0 Å². The van der Waals surface area contributed by atoms with Crippen LogP contribution in [-0.4, -0.2) is 65.8 Å². The number of nitrogen functional groups attached to an aromatic ring is 1. The lowest BCUT2D eigenvalue weighted by atomic mass is 9.99. The van der Waals surface area contributed by atoms with Crippen molar-refractivity contribution in [2.75, 3.05) is 51.6 Å². The van der Waals surface area contributed by atoms with Gasteiger partial charge in [-0.25, -0.2) is 19.9 Å². The molecule has 0 spiro atoms. The zero-order valence-corrected chi connectivity index (χ0v) is 22.9. The van der Waals surface area contributed by atoms with Crippen LogP contribution in [0.5, 0.6) is 5.75 Å². The first-order valence-electron chi connectivity index (χ1n) is 12.4. The number of ether oxygens (including phenoxy) is 2. The summed E-state index contributed by atoms with van der Waals surface area (Å²) < 4.78 is 11.7. The van der Waals surface area contributed by atoms with Gasteiger partial charge in [-0.2, -0.15) is 0 Å². The van der Waals surface area contributed by atoms with Crippen molar-refractivity contribution in [1.82, 2.24) is 24.8 Å². The number of methoxy groups -OCH3 is 1. The van der Waals surface area contributed by atoms with E-state index in [2.05, 4.69) is 51.8 Å². The molecule has 0 saturated heterocycles. The number of pyridine rings is 1. The van der Waals surface area contributed by atoms with E-state index in [0.29, 0.717) is 31.4 Å². The number of hydrogen-bond donors (Lipinski definition) is 1. The minimum Gasteiger partial charge on any atom is -0.491 e. The highest BCUT2D eigenvalue weighted by Gasteiger charge is 2.24. The monoisotopic (exact) mass is 519 g/mol. The first-order chi connectivity index (χ1) is 17.8. The topological polar surface area (TPSA) is 103 Å². The molecule has 0 atom stereocenters. The Morgan fingerprint density at radius 3 is 2.76 bits per heavy atom. The second-order valence-electron chi connectivity index (χ2n) is 9.66. The quantitative estimate of drug-likeness (QED) is 0.388. The van der Waals surface area contributed by atoms with E-state index < -0.39 is 0 Å². The Morgan fingerprint density at radius 1 is 1.14 bits per heavy atom. The van der Waals surface area contributed by atoms with E-state index >= 15 is 0 Å². The highest BCUT2D eigenvalue weighted by atomic mass is 32.1. The maximum Gasteiger partial charge on any atom is 0.182 e. The summed E-state index contributed by atoms with van der Waals surface area (Å²) >= 11 is 1.40. The molecule has 9 nitrogen and oxygen atoms in total. The van der Waals surface area contributed by atoms with Crippen molar-refractivity contribution in [3.05, 3.63) is 52.6 Å². The van der Waals surface area contributed by atoms with E-state index in [0.717, 1.165) is 74.2 Å². The maximum atomic E-state index is 6.28. The average molecular weight is 520 g/mol. The lowest BCUT2D eigenvalue weighted by Gasteiger charge is -2.26. The van der Waals surface area contributed by atoms with Crippen molar-refractivity contribution in [3.8, 4) is 16.9 Å². The van der Waals surface area contributed by atoms with Crippen molar-refractivity contribution >= 4 is 32.6 Å². The SMILES string of the molecule is COCCc1c(C)nc(CN(C)C)nc1N1CCOc2c(C)cc(-c3cnc4sc(N)nc4c3)cc2C1. The highest BCUT2D eigenvalue weighted by Crippen LogP contribution is 2.36. The number of nitrogens with zero attached hydrogens (tertiary/aromatic N) is 6. The molecular formula is C27H33N7O2S. The molecule has 0 aliphatic carbocycles. The molecule has 37 heavy (non-hydrogen) atoms. The summed E-state index contributed by atoms with van der Waals surface area (Å²) in [5.41, 5.74) is 13.1. The molecule has 1 aliphatic heterocycles. The summed E-state index contributed by atoms with van der Waals surface area (Å²) in [5.74, 6) is 2.72. The molecule has 0 bridgehead atoms. The second kappa shape index (κ2) is 10.6. The van der Waals surface area contributed by atoms with Crippen LogP contribution in [0.15, 0.2) is 24.4 Å². The number of rotatable bonds is 7. The molecule has 0 radical (unpaired) electrons. The van der Waals surface area contributed by atoms with Crippen molar-refractivity contribution < 1.29 is 9.47 Å². The lowest BCUT2D eigenvalue weighted by molar-refractivity contribution is 0.202. The van der Waals surface area contributed by atoms with Gasteiger partial charge in [-0.3, -0.25) is 0 Å². The van der Waals surface area contributed by atoms with Gasteiger partial charge in [0, 0.05) is 48.7 Å². The van der Waals surface area contributed by atoms with Gasteiger partial charge in [0.05, 0.1) is 19.7 Å². The third-order valence-electron chi connectivity index (χ3n) is 6.47. The summed E-state index contributed by atoms with van der Waals surface area (Å²) in [6.07, 6.45) is 2.65. The number of hydrogen-bond acceptors (Lipinski definition) is 10. The standard InChI is InChI=1S/C27H33N7O2S/c1-16-10-18(19-12-22-26(29-13-19)37-27(28)31-22)11-20-14-34(7-9-36-24(16)20)25-21(6-8-35-5)17(2)30-23(32-25)15-33(3)4/h10-13H,6-9,14-15H2,1-5H3,(H2,28,31). The molecule has 3 aromatic heterocycles. The van der Waals surface area contributed by atoms with E-state index in [9.17, 15) is 0 Å². The Morgan fingerprint density at radius 2 is 1.97 bits per heavy atom. The molecule has 4 heterocycles. The van der Waals surface area contributed by atoms with Crippen LogP contribution in [0.25, 0.3) is 21.5 Å². The predicted octanol–water partition coefficient (Wildman–Crippen LogP) is 4.00. The third-order valence-corrected chi connectivity index (χ3v) is 7.28. The highest BCUT2D eigenvalue weighted by molar-refractivity contribution is 7.21. The van der Waals surface area contributed by atoms with Crippen LogP contribution in [-0.2, 0) is 24.2 Å². The average Bonchev–Trinajstić information content (AvgIpc) is 3.08. The zero-order chi connectivity index (χ0) is 26.1. The van der Waals surface area contributed by atoms with E-state index in [-0.39, 0.29) is 0 Å². The third kappa shape index (κ3) is 5.36. The Bertz CT molecular complexity index is 1440. The van der Waals surface area contributed by atoms with Gasteiger partial charge in [-0.15, -0.1) is 0 Å². The number of thiazole rings is 1. The fraction of sp³-hybridized carbons (Fsp3) is 0.407. The molecule has 5 rings (SSSR count). The van der Waals surface area contributed by atoms with Gasteiger partial charge in [-0.1, -0.05) is 11.3 Å². The van der Waals surface area contributed by atoms with Gasteiger partial charge >= 0.3 is 0 Å². The summed E-state index contributed by atoms with van der Waals surface area (Å²) in [6.45, 7) is 7.44. The van der Waals surface area contributed by atoms with Gasteiger partial charge in [-0.05, 0) is 57.3 Å². The lowest BCUT2D eigenvalue weighted by Crippen LogP contribution is -2.29. The summed E-state index contributed by atoms with van der Waals surface area (Å²) in [4.78, 5) is 24.1. The van der Waals surface area contributed by atoms with Crippen molar-refractivity contribution in [2.24, 2.45) is 0 Å². The summed E-state index contributed by atoms with van der Waals surface area (Å²) in [5, 5.41) is 0.528. The number of fused-ring (bicyclic) bond motifs is 2. The Kier molecular flexibility index (Phi) is 7.23. The van der Waals surface area contributed by atoms with Crippen LogP contribution in [0, 0.1) is 13.8 Å². The number of benzene rings is 1. The predicted molar refractivity (Wildman–Crippen MR) is 148 cm³/mol. The van der Waals surface area contributed by atoms with E-state index in [1.807, 2.05) is 20.3 Å².